The van der Waals surface area contributed by atoms with Gasteiger partial charge in [-0.3, -0.25) is 10.4 Å². The van der Waals surface area contributed by atoms with Gasteiger partial charge in [-0.15, -0.1) is 0 Å². The molecule has 0 saturated heterocycles. The largest absolute Gasteiger partial charge is 0.387 e. The molecule has 0 bridgehead atoms. The first kappa shape index (κ1) is 18.9. The van der Waals surface area contributed by atoms with Gasteiger partial charge in [0.15, 0.2) is 0 Å². The Bertz CT molecular complexity index is 1150. The third-order valence-electron chi connectivity index (χ3n) is 5.91. The lowest BCUT2D eigenvalue weighted by atomic mass is 9.89. The van der Waals surface area contributed by atoms with Crippen LogP contribution >= 0.6 is 11.8 Å². The summed E-state index contributed by atoms with van der Waals surface area (Å²) < 4.78 is 1.81. The number of nitrogens with zero attached hydrogens (tertiary/aromatic N) is 5. The van der Waals surface area contributed by atoms with Crippen LogP contribution in [0, 0.1) is 17.2 Å². The van der Waals surface area contributed by atoms with E-state index in [1.165, 1.54) is 32.1 Å². The lowest BCUT2D eigenvalue weighted by molar-refractivity contribution is 0.330. The van der Waals surface area contributed by atoms with Gasteiger partial charge in [0.25, 0.3) is 0 Å². The molecule has 1 unspecified atom stereocenters. The molecule has 30 heavy (non-hydrogen) atoms. The lowest BCUT2D eigenvalue weighted by Crippen LogP contribution is -2.28. The highest BCUT2D eigenvalue weighted by Gasteiger charge is 2.30. The van der Waals surface area contributed by atoms with Crippen molar-refractivity contribution < 1.29 is 0 Å². The average Bonchev–Trinajstić information content (AvgIpc) is 3.46. The number of thioether (sulfide) groups is 1. The maximum Gasteiger partial charge on any atom is 0.129 e. The Kier molecular flexibility index (Phi) is 5.05. The van der Waals surface area contributed by atoms with Crippen molar-refractivity contribution in [1.29, 1.82) is 5.26 Å². The molecule has 0 radical (unpaired) electrons. The topological polar surface area (TPSA) is 90.4 Å². The van der Waals surface area contributed by atoms with Gasteiger partial charge in [-0.25, -0.2) is 4.52 Å². The van der Waals surface area contributed by atoms with Crippen molar-refractivity contribution in [2.75, 3.05) is 12.4 Å². The van der Waals surface area contributed by atoms with E-state index in [1.807, 2.05) is 53.8 Å². The number of hydrazone groups is 1. The molecule has 152 valence electrons. The summed E-state index contributed by atoms with van der Waals surface area (Å²) in [4.78, 5) is 4.72. The van der Waals surface area contributed by atoms with Gasteiger partial charge in [0.05, 0.1) is 39.6 Å². The van der Waals surface area contributed by atoms with Gasteiger partial charge in [0.2, 0.25) is 0 Å². The molecule has 1 fully saturated rings. The van der Waals surface area contributed by atoms with Crippen LogP contribution < -0.4 is 10.7 Å². The predicted molar refractivity (Wildman–Crippen MR) is 120 cm³/mol. The number of anilines is 1. The smallest absolute Gasteiger partial charge is 0.129 e. The molecule has 7 nitrogen and oxygen atoms in total. The second-order valence-corrected chi connectivity index (χ2v) is 8.89. The van der Waals surface area contributed by atoms with E-state index in [4.69, 9.17) is 10.2 Å². The van der Waals surface area contributed by atoms with Crippen LogP contribution in [0.1, 0.15) is 43.2 Å². The minimum atomic E-state index is 0.359. The minimum Gasteiger partial charge on any atom is -0.387 e. The number of nitrogens with one attached hydrogen (secondary N) is 2. The number of pyridine rings is 1. The van der Waals surface area contributed by atoms with Gasteiger partial charge in [-0.2, -0.15) is 15.5 Å². The van der Waals surface area contributed by atoms with E-state index < -0.39 is 0 Å². The molecular formula is C22H23N7S. The predicted octanol–water partition coefficient (Wildman–Crippen LogP) is 4.21. The van der Waals surface area contributed by atoms with E-state index in [0.29, 0.717) is 16.9 Å². The summed E-state index contributed by atoms with van der Waals surface area (Å²) in [5.41, 5.74) is 8.48. The molecular weight excluding hydrogens is 394 g/mol. The molecule has 2 N–H and O–H groups in total. The number of hydrogen-bond donors (Lipinski definition) is 2. The van der Waals surface area contributed by atoms with E-state index in [9.17, 15) is 0 Å². The Morgan fingerprint density at radius 3 is 2.87 bits per heavy atom. The van der Waals surface area contributed by atoms with Gasteiger partial charge >= 0.3 is 0 Å². The highest BCUT2D eigenvalue weighted by atomic mass is 32.2. The number of aromatic nitrogens is 3. The summed E-state index contributed by atoms with van der Waals surface area (Å²) in [7, 11) is 1.92. The molecule has 2 aliphatic rings. The monoisotopic (exact) mass is 417 g/mol. The molecule has 1 saturated carbocycles. The SMILES string of the molecule is CNc1cc(-c2ccc3cc(C#N)cnn23)ncc1C1=NNC(C2CCCCC2)S1. The van der Waals surface area contributed by atoms with E-state index in [1.54, 1.807) is 6.20 Å². The average molecular weight is 418 g/mol. The van der Waals surface area contributed by atoms with Crippen LogP contribution in [0.4, 0.5) is 5.69 Å². The van der Waals surface area contributed by atoms with Crippen molar-refractivity contribution in [3.63, 3.8) is 0 Å². The fourth-order valence-corrected chi connectivity index (χ4v) is 5.49. The molecule has 0 aromatic carbocycles. The summed E-state index contributed by atoms with van der Waals surface area (Å²) in [6.07, 6.45) is 10.0. The quantitative estimate of drug-likeness (QED) is 0.661. The van der Waals surface area contributed by atoms with E-state index in [2.05, 4.69) is 27.0 Å². The maximum atomic E-state index is 9.09. The summed E-state index contributed by atoms with van der Waals surface area (Å²) in [5.74, 6) is 0.687. The molecule has 4 heterocycles. The standard InChI is InChI=1S/C22H23N7S/c1-24-18-10-19(20-8-7-16-9-14(11-23)12-26-29(16)20)25-13-17(18)22-28-27-21(30-22)15-5-3-2-4-6-15/h7-10,12-13,15,21,27H,2-6H2,1H3,(H,24,25). The number of nitriles is 1. The van der Waals surface area contributed by atoms with Crippen LogP contribution in [-0.4, -0.2) is 32.1 Å². The fourth-order valence-electron chi connectivity index (χ4n) is 4.28. The molecule has 0 amide bonds. The minimum absolute atomic E-state index is 0.359. The normalized spacial score (nSPS) is 19.3. The highest BCUT2D eigenvalue weighted by molar-refractivity contribution is 8.15. The number of rotatable bonds is 4. The zero-order valence-corrected chi connectivity index (χ0v) is 17.6. The van der Waals surface area contributed by atoms with E-state index in [0.717, 1.165) is 33.2 Å². The van der Waals surface area contributed by atoms with Crippen molar-refractivity contribution in [2.24, 2.45) is 11.0 Å². The highest BCUT2D eigenvalue weighted by Crippen LogP contribution is 2.37. The molecule has 0 spiro atoms. The third kappa shape index (κ3) is 3.39. The Morgan fingerprint density at radius 1 is 1.20 bits per heavy atom. The Labute approximate surface area is 179 Å². The zero-order valence-electron chi connectivity index (χ0n) is 16.8. The molecule has 1 aliphatic carbocycles. The maximum absolute atomic E-state index is 9.09. The number of fused-ring (bicyclic) bond motifs is 1. The molecule has 8 heteroatoms. The first-order chi connectivity index (χ1) is 14.8. The van der Waals surface area contributed by atoms with Crippen molar-refractivity contribution in [3.05, 3.63) is 47.8 Å². The lowest BCUT2D eigenvalue weighted by Gasteiger charge is -2.26. The van der Waals surface area contributed by atoms with Gasteiger partial charge in [-0.05, 0) is 43.0 Å². The second-order valence-electron chi connectivity index (χ2n) is 7.76. The van der Waals surface area contributed by atoms with Crippen molar-refractivity contribution in [3.8, 4) is 17.5 Å². The van der Waals surface area contributed by atoms with Gasteiger partial charge in [0, 0.05) is 18.9 Å². The van der Waals surface area contributed by atoms with Crippen LogP contribution in [0.5, 0.6) is 0 Å². The van der Waals surface area contributed by atoms with Crippen molar-refractivity contribution >= 4 is 28.0 Å². The van der Waals surface area contributed by atoms with Crippen molar-refractivity contribution in [2.45, 2.75) is 37.5 Å². The molecule has 3 aromatic rings. The van der Waals surface area contributed by atoms with Gasteiger partial charge in [0.1, 0.15) is 11.1 Å². The molecule has 1 aliphatic heterocycles. The summed E-state index contributed by atoms with van der Waals surface area (Å²) in [6, 6.07) is 9.92. The molecule has 5 rings (SSSR count). The zero-order chi connectivity index (χ0) is 20.5. The van der Waals surface area contributed by atoms with Crippen LogP contribution in [-0.2, 0) is 0 Å². The second kappa shape index (κ2) is 8.00. The third-order valence-corrected chi connectivity index (χ3v) is 7.18. The van der Waals surface area contributed by atoms with Gasteiger partial charge < -0.3 is 5.32 Å². The van der Waals surface area contributed by atoms with Gasteiger partial charge in [-0.1, -0.05) is 31.0 Å². The Morgan fingerprint density at radius 2 is 2.07 bits per heavy atom. The van der Waals surface area contributed by atoms with E-state index >= 15 is 0 Å². The Balaban J connectivity index is 1.42. The summed E-state index contributed by atoms with van der Waals surface area (Å²) in [6.45, 7) is 0. The fraction of sp³-hybridized carbons (Fsp3) is 0.364. The number of hydrogen-bond acceptors (Lipinski definition) is 7. The first-order valence-electron chi connectivity index (χ1n) is 10.3. The Hall–Kier alpha value is -3.05. The van der Waals surface area contributed by atoms with Crippen LogP contribution in [0.2, 0.25) is 0 Å². The van der Waals surface area contributed by atoms with E-state index in [-0.39, 0.29) is 0 Å². The molecule has 1 atom stereocenters. The van der Waals surface area contributed by atoms with Crippen LogP contribution in [0.3, 0.4) is 0 Å². The van der Waals surface area contributed by atoms with Crippen LogP contribution in [0.25, 0.3) is 16.9 Å². The first-order valence-corrected chi connectivity index (χ1v) is 11.2. The molecule has 3 aromatic heterocycles. The van der Waals surface area contributed by atoms with Crippen LogP contribution in [0.15, 0.2) is 41.8 Å². The summed E-state index contributed by atoms with van der Waals surface area (Å²) >= 11 is 1.82. The van der Waals surface area contributed by atoms with Crippen molar-refractivity contribution in [1.82, 2.24) is 20.0 Å². The summed E-state index contributed by atoms with van der Waals surface area (Å²) in [5, 5.41) is 22.8.